The molecule has 0 aliphatic carbocycles. The number of para-hydroxylation sites is 1. The highest BCUT2D eigenvalue weighted by Gasteiger charge is 2.23. The van der Waals surface area contributed by atoms with Crippen molar-refractivity contribution in [3.63, 3.8) is 0 Å². The van der Waals surface area contributed by atoms with Crippen molar-refractivity contribution in [2.24, 2.45) is 0 Å². The maximum Gasteiger partial charge on any atom is 0.122 e. The van der Waals surface area contributed by atoms with E-state index in [2.05, 4.69) is 19.1 Å². The van der Waals surface area contributed by atoms with Crippen molar-refractivity contribution in [1.29, 1.82) is 0 Å². The topological polar surface area (TPSA) is 29.5 Å². The molecule has 1 N–H and O–H groups in total. The molecule has 0 saturated carbocycles. The molecule has 0 saturated heterocycles. The fraction of sp³-hybridized carbons (Fsp3) is 0.571. The highest BCUT2D eigenvalue weighted by Crippen LogP contribution is 2.36. The number of hydrogen-bond donors (Lipinski definition) is 1. The Morgan fingerprint density at radius 1 is 1.38 bits per heavy atom. The molecule has 0 radical (unpaired) electrons. The molecule has 0 amide bonds. The van der Waals surface area contributed by atoms with E-state index in [1.54, 1.807) is 0 Å². The first kappa shape index (κ1) is 11.5. The first-order valence-electron chi connectivity index (χ1n) is 6.21. The van der Waals surface area contributed by atoms with E-state index in [1.807, 2.05) is 12.1 Å². The molecule has 2 nitrogen and oxygen atoms in total. The van der Waals surface area contributed by atoms with Crippen LogP contribution in [-0.4, -0.2) is 17.8 Å². The van der Waals surface area contributed by atoms with Crippen LogP contribution in [0.25, 0.3) is 0 Å². The van der Waals surface area contributed by atoms with Crippen LogP contribution in [0.2, 0.25) is 0 Å². The van der Waals surface area contributed by atoms with Gasteiger partial charge in [0.15, 0.2) is 0 Å². The predicted molar refractivity (Wildman–Crippen MR) is 64.8 cm³/mol. The second kappa shape index (κ2) is 5.35. The lowest BCUT2D eigenvalue weighted by Crippen LogP contribution is -2.09. The van der Waals surface area contributed by atoms with Crippen molar-refractivity contribution in [3.05, 3.63) is 29.8 Å². The molecule has 1 aliphatic rings. The van der Waals surface area contributed by atoms with Crippen LogP contribution in [0.5, 0.6) is 5.75 Å². The standard InChI is InChI=1S/C14H20O2/c1-2-5-12(15)9-8-11-10-16-14-7-4-3-6-13(11)14/h3-4,6-7,11-12,15H,2,5,8-10H2,1H3. The maximum absolute atomic E-state index is 9.72. The molecule has 1 aromatic carbocycles. The summed E-state index contributed by atoms with van der Waals surface area (Å²) in [6.07, 6.45) is 3.74. The number of rotatable bonds is 5. The molecule has 1 aliphatic heterocycles. The van der Waals surface area contributed by atoms with Gasteiger partial charge in [0.05, 0.1) is 12.7 Å². The number of fused-ring (bicyclic) bond motifs is 1. The number of aliphatic hydroxyl groups is 1. The third-order valence-electron chi connectivity index (χ3n) is 3.27. The molecule has 2 unspecified atom stereocenters. The smallest absolute Gasteiger partial charge is 0.122 e. The van der Waals surface area contributed by atoms with Gasteiger partial charge in [-0.2, -0.15) is 0 Å². The van der Waals surface area contributed by atoms with Gasteiger partial charge in [0.2, 0.25) is 0 Å². The summed E-state index contributed by atoms with van der Waals surface area (Å²) in [5, 5.41) is 9.72. The van der Waals surface area contributed by atoms with Crippen molar-refractivity contribution in [3.8, 4) is 5.75 Å². The Bertz CT molecular complexity index is 335. The van der Waals surface area contributed by atoms with Gasteiger partial charge in [-0.05, 0) is 25.3 Å². The van der Waals surface area contributed by atoms with Crippen LogP contribution in [-0.2, 0) is 0 Å². The molecule has 0 aromatic heterocycles. The SMILES string of the molecule is CCCC(O)CCC1COc2ccccc21. The minimum absolute atomic E-state index is 0.141. The quantitative estimate of drug-likeness (QED) is 0.826. The Morgan fingerprint density at radius 2 is 2.19 bits per heavy atom. The Labute approximate surface area is 97.3 Å². The van der Waals surface area contributed by atoms with Crippen LogP contribution in [0.1, 0.15) is 44.1 Å². The Balaban J connectivity index is 1.88. The second-order valence-electron chi connectivity index (χ2n) is 4.57. The predicted octanol–water partition coefficient (Wildman–Crippen LogP) is 3.10. The minimum Gasteiger partial charge on any atom is -0.493 e. The summed E-state index contributed by atoms with van der Waals surface area (Å²) < 4.78 is 5.62. The maximum atomic E-state index is 9.72. The molecular weight excluding hydrogens is 200 g/mol. The van der Waals surface area contributed by atoms with Crippen molar-refractivity contribution in [2.75, 3.05) is 6.61 Å². The van der Waals surface area contributed by atoms with Crippen molar-refractivity contribution in [2.45, 2.75) is 44.6 Å². The van der Waals surface area contributed by atoms with Crippen LogP contribution in [0.3, 0.4) is 0 Å². The summed E-state index contributed by atoms with van der Waals surface area (Å²) in [5.41, 5.74) is 1.31. The monoisotopic (exact) mass is 220 g/mol. The van der Waals surface area contributed by atoms with Crippen LogP contribution in [0.15, 0.2) is 24.3 Å². The van der Waals surface area contributed by atoms with Crippen LogP contribution < -0.4 is 4.74 Å². The van der Waals surface area contributed by atoms with Crippen molar-refractivity contribution in [1.82, 2.24) is 0 Å². The molecule has 2 rings (SSSR count). The van der Waals surface area contributed by atoms with Crippen molar-refractivity contribution >= 4 is 0 Å². The first-order valence-corrected chi connectivity index (χ1v) is 6.21. The van der Waals surface area contributed by atoms with Gasteiger partial charge in [0, 0.05) is 11.5 Å². The molecular formula is C14H20O2. The zero-order chi connectivity index (χ0) is 11.4. The molecule has 88 valence electrons. The molecule has 16 heavy (non-hydrogen) atoms. The highest BCUT2D eigenvalue weighted by atomic mass is 16.5. The van der Waals surface area contributed by atoms with E-state index in [0.29, 0.717) is 5.92 Å². The molecule has 0 bridgehead atoms. The number of benzene rings is 1. The highest BCUT2D eigenvalue weighted by molar-refractivity contribution is 5.39. The van der Waals surface area contributed by atoms with E-state index in [1.165, 1.54) is 5.56 Å². The van der Waals surface area contributed by atoms with Gasteiger partial charge < -0.3 is 9.84 Å². The van der Waals surface area contributed by atoms with E-state index < -0.39 is 0 Å². The lowest BCUT2D eigenvalue weighted by molar-refractivity contribution is 0.146. The molecule has 1 aromatic rings. The summed E-state index contributed by atoms with van der Waals surface area (Å²) >= 11 is 0. The third kappa shape index (κ3) is 2.56. The lowest BCUT2D eigenvalue weighted by atomic mass is 9.94. The molecule has 1 heterocycles. The zero-order valence-corrected chi connectivity index (χ0v) is 9.86. The van der Waals surface area contributed by atoms with Crippen LogP contribution >= 0.6 is 0 Å². The van der Waals surface area contributed by atoms with Gasteiger partial charge in [0.1, 0.15) is 5.75 Å². The molecule has 0 fully saturated rings. The Hall–Kier alpha value is -1.02. The van der Waals surface area contributed by atoms with E-state index in [0.717, 1.165) is 38.0 Å². The van der Waals surface area contributed by atoms with Gasteiger partial charge in [-0.3, -0.25) is 0 Å². The summed E-state index contributed by atoms with van der Waals surface area (Å²) in [6, 6.07) is 8.23. The largest absolute Gasteiger partial charge is 0.493 e. The van der Waals surface area contributed by atoms with E-state index in [4.69, 9.17) is 4.74 Å². The van der Waals surface area contributed by atoms with E-state index >= 15 is 0 Å². The van der Waals surface area contributed by atoms with Gasteiger partial charge in [-0.1, -0.05) is 31.5 Å². The van der Waals surface area contributed by atoms with Gasteiger partial charge in [0.25, 0.3) is 0 Å². The molecule has 2 heteroatoms. The fourth-order valence-electron chi connectivity index (χ4n) is 2.34. The van der Waals surface area contributed by atoms with Crippen LogP contribution in [0, 0.1) is 0 Å². The summed E-state index contributed by atoms with van der Waals surface area (Å²) in [4.78, 5) is 0. The van der Waals surface area contributed by atoms with Crippen LogP contribution in [0.4, 0.5) is 0 Å². The normalized spacial score (nSPS) is 20.2. The van der Waals surface area contributed by atoms with Gasteiger partial charge >= 0.3 is 0 Å². The molecule has 2 atom stereocenters. The molecule has 0 spiro atoms. The Kier molecular flexibility index (Phi) is 3.83. The summed E-state index contributed by atoms with van der Waals surface area (Å²) in [7, 11) is 0. The Morgan fingerprint density at radius 3 is 3.00 bits per heavy atom. The summed E-state index contributed by atoms with van der Waals surface area (Å²) in [5.74, 6) is 1.50. The average Bonchev–Trinajstić information content (AvgIpc) is 2.70. The van der Waals surface area contributed by atoms with E-state index in [-0.39, 0.29) is 6.10 Å². The number of aliphatic hydroxyl groups excluding tert-OH is 1. The summed E-state index contributed by atoms with van der Waals surface area (Å²) in [6.45, 7) is 2.88. The minimum atomic E-state index is -0.141. The number of ether oxygens (including phenoxy) is 1. The fourth-order valence-corrected chi connectivity index (χ4v) is 2.34. The van der Waals surface area contributed by atoms with Gasteiger partial charge in [-0.25, -0.2) is 0 Å². The zero-order valence-electron chi connectivity index (χ0n) is 9.86. The second-order valence-corrected chi connectivity index (χ2v) is 4.57. The van der Waals surface area contributed by atoms with Crippen molar-refractivity contribution < 1.29 is 9.84 Å². The first-order chi connectivity index (χ1) is 7.81. The third-order valence-corrected chi connectivity index (χ3v) is 3.27. The van der Waals surface area contributed by atoms with Gasteiger partial charge in [-0.15, -0.1) is 0 Å². The average molecular weight is 220 g/mol. The van der Waals surface area contributed by atoms with E-state index in [9.17, 15) is 5.11 Å². The number of hydrogen-bond acceptors (Lipinski definition) is 2. The lowest BCUT2D eigenvalue weighted by Gasteiger charge is -2.12.